The van der Waals surface area contributed by atoms with Crippen molar-refractivity contribution in [3.05, 3.63) is 82.0 Å². The molecule has 0 amide bonds. The first kappa shape index (κ1) is 20.8. The molecule has 31 heavy (non-hydrogen) atoms. The summed E-state index contributed by atoms with van der Waals surface area (Å²) in [5, 5.41) is 0.0929. The summed E-state index contributed by atoms with van der Waals surface area (Å²) >= 11 is 6.06. The number of aromatic nitrogens is 3. The lowest BCUT2D eigenvalue weighted by Gasteiger charge is -2.15. The van der Waals surface area contributed by atoms with Gasteiger partial charge in [-0.1, -0.05) is 23.7 Å². The Morgan fingerprint density at radius 3 is 2.61 bits per heavy atom. The Hall–Kier alpha value is -3.43. The highest BCUT2D eigenvalue weighted by atomic mass is 35.5. The maximum absolute atomic E-state index is 12.9. The maximum atomic E-state index is 12.9. The molecule has 0 saturated heterocycles. The molecule has 0 radical (unpaired) electrons. The number of aryl methyl sites for hydroxylation is 1. The van der Waals surface area contributed by atoms with Gasteiger partial charge in [0, 0.05) is 35.3 Å². The van der Waals surface area contributed by atoms with Gasteiger partial charge in [0.25, 0.3) is 15.6 Å². The van der Waals surface area contributed by atoms with Crippen LogP contribution >= 0.6 is 11.6 Å². The lowest BCUT2D eigenvalue weighted by Crippen LogP contribution is -2.16. The van der Waals surface area contributed by atoms with Crippen LogP contribution in [-0.4, -0.2) is 29.9 Å². The maximum Gasteiger partial charge on any atom is 0.263 e. The minimum absolute atomic E-state index is 0.0661. The van der Waals surface area contributed by atoms with E-state index >= 15 is 0 Å². The molecule has 1 N–H and O–H groups in total. The number of benzene rings is 1. The van der Waals surface area contributed by atoms with Gasteiger partial charge in [-0.25, -0.2) is 18.4 Å². The molecule has 0 saturated carbocycles. The monoisotopic (exact) mass is 456 g/mol. The van der Waals surface area contributed by atoms with Crippen molar-refractivity contribution in [3.8, 4) is 17.0 Å². The number of hydrogen-bond acceptors (Lipinski definition) is 6. The number of sulfonamides is 1. The number of ether oxygens (including phenoxy) is 1. The topological polar surface area (TPSA) is 103 Å². The number of pyridine rings is 2. The molecule has 3 heterocycles. The van der Waals surface area contributed by atoms with Crippen molar-refractivity contribution in [3.63, 3.8) is 0 Å². The van der Waals surface area contributed by atoms with Crippen LogP contribution in [0.15, 0.2) is 70.6 Å². The van der Waals surface area contributed by atoms with Gasteiger partial charge in [0.1, 0.15) is 16.2 Å². The number of hydrogen-bond donors (Lipinski definition) is 1. The summed E-state index contributed by atoms with van der Waals surface area (Å²) in [7, 11) is -2.60. The van der Waals surface area contributed by atoms with Crippen LogP contribution in [0.4, 0.5) is 5.69 Å². The zero-order valence-corrected chi connectivity index (χ0v) is 18.1. The highest BCUT2D eigenvalue weighted by molar-refractivity contribution is 7.92. The van der Waals surface area contributed by atoms with Gasteiger partial charge in [-0.2, -0.15) is 0 Å². The summed E-state index contributed by atoms with van der Waals surface area (Å²) in [5.74, 6) is 0.0941. The van der Waals surface area contributed by atoms with E-state index in [0.717, 1.165) is 0 Å². The van der Waals surface area contributed by atoms with E-state index in [9.17, 15) is 13.2 Å². The summed E-state index contributed by atoms with van der Waals surface area (Å²) in [6.45, 7) is 1.78. The minimum atomic E-state index is -3.99. The first-order valence-corrected chi connectivity index (χ1v) is 11.0. The second kappa shape index (κ2) is 8.01. The fraction of sp³-hybridized carbons (Fsp3) is 0.0952. The number of nitrogens with one attached hydrogen (secondary N) is 1. The fourth-order valence-corrected chi connectivity index (χ4v) is 4.85. The SMILES string of the molecule is COc1ncc(-c2ccc3nccc(=O)n3c2C)cc1NS(=O)(=O)c1ccccc1Cl. The highest BCUT2D eigenvalue weighted by Crippen LogP contribution is 2.32. The summed E-state index contributed by atoms with van der Waals surface area (Å²) in [6, 6.07) is 12.6. The van der Waals surface area contributed by atoms with Crippen LogP contribution in [0.25, 0.3) is 16.8 Å². The third-order valence-corrected chi connectivity index (χ3v) is 6.59. The standard InChI is InChI=1S/C21H17ClN4O4S/c1-13-15(7-8-19-23-10-9-20(27)26(13)19)14-11-17(21(30-2)24-12-14)25-31(28,29)18-6-4-3-5-16(18)22/h3-12,25H,1-2H3. The third-order valence-electron chi connectivity index (χ3n) is 4.72. The van der Waals surface area contributed by atoms with Crippen LogP contribution in [0.5, 0.6) is 5.88 Å². The van der Waals surface area contributed by atoms with E-state index in [-0.39, 0.29) is 27.0 Å². The predicted octanol–water partition coefficient (Wildman–Crippen LogP) is 3.53. The Morgan fingerprint density at radius 1 is 1.10 bits per heavy atom. The van der Waals surface area contributed by atoms with Gasteiger partial charge in [-0.05, 0) is 37.3 Å². The Morgan fingerprint density at radius 2 is 1.87 bits per heavy atom. The molecule has 158 valence electrons. The van der Waals surface area contributed by atoms with Gasteiger partial charge in [0.15, 0.2) is 0 Å². The largest absolute Gasteiger partial charge is 0.480 e. The normalized spacial score (nSPS) is 11.5. The van der Waals surface area contributed by atoms with Gasteiger partial charge < -0.3 is 4.74 Å². The van der Waals surface area contributed by atoms with Crippen molar-refractivity contribution in [2.45, 2.75) is 11.8 Å². The lowest BCUT2D eigenvalue weighted by atomic mass is 10.1. The van der Waals surface area contributed by atoms with E-state index in [1.165, 1.54) is 35.9 Å². The molecule has 4 rings (SSSR count). The van der Waals surface area contributed by atoms with Crippen molar-refractivity contribution in [1.82, 2.24) is 14.4 Å². The molecule has 10 heteroatoms. The van der Waals surface area contributed by atoms with Crippen LogP contribution < -0.4 is 15.0 Å². The van der Waals surface area contributed by atoms with Gasteiger partial charge in [0.2, 0.25) is 5.88 Å². The molecule has 3 aromatic heterocycles. The summed E-state index contributed by atoms with van der Waals surface area (Å²) < 4.78 is 35.0. The van der Waals surface area contributed by atoms with Gasteiger partial charge in [-0.15, -0.1) is 0 Å². The second-order valence-electron chi connectivity index (χ2n) is 6.63. The molecule has 8 nitrogen and oxygen atoms in total. The molecule has 0 atom stereocenters. The number of nitrogens with zero attached hydrogens (tertiary/aromatic N) is 3. The van der Waals surface area contributed by atoms with E-state index in [1.807, 2.05) is 0 Å². The van der Waals surface area contributed by atoms with E-state index in [4.69, 9.17) is 16.3 Å². The molecule has 0 fully saturated rings. The van der Waals surface area contributed by atoms with E-state index < -0.39 is 10.0 Å². The number of methoxy groups -OCH3 is 1. The first-order chi connectivity index (χ1) is 14.8. The molecule has 0 aliphatic heterocycles. The predicted molar refractivity (Wildman–Crippen MR) is 118 cm³/mol. The number of halogens is 1. The Labute approximate surface area is 183 Å². The average molecular weight is 457 g/mol. The molecule has 0 aliphatic rings. The van der Waals surface area contributed by atoms with Crippen LogP contribution in [0.3, 0.4) is 0 Å². The highest BCUT2D eigenvalue weighted by Gasteiger charge is 2.21. The molecule has 0 aliphatic carbocycles. The van der Waals surface area contributed by atoms with Crippen molar-refractivity contribution >= 4 is 33.0 Å². The third kappa shape index (κ3) is 3.85. The molecular weight excluding hydrogens is 440 g/mol. The van der Waals surface area contributed by atoms with Gasteiger partial charge in [-0.3, -0.25) is 13.9 Å². The quantitative estimate of drug-likeness (QED) is 0.493. The smallest absolute Gasteiger partial charge is 0.263 e. The molecule has 0 bridgehead atoms. The molecule has 0 spiro atoms. The number of fused-ring (bicyclic) bond motifs is 1. The van der Waals surface area contributed by atoms with E-state index in [2.05, 4.69) is 14.7 Å². The number of anilines is 1. The summed E-state index contributed by atoms with van der Waals surface area (Å²) in [4.78, 5) is 20.7. The summed E-state index contributed by atoms with van der Waals surface area (Å²) in [5.41, 5.74) is 2.35. The summed E-state index contributed by atoms with van der Waals surface area (Å²) in [6.07, 6.45) is 3.00. The second-order valence-corrected chi connectivity index (χ2v) is 8.68. The van der Waals surface area contributed by atoms with Crippen LogP contribution in [0, 0.1) is 6.92 Å². The fourth-order valence-electron chi connectivity index (χ4n) is 3.28. The van der Waals surface area contributed by atoms with E-state index in [0.29, 0.717) is 22.5 Å². The zero-order chi connectivity index (χ0) is 22.2. The van der Waals surface area contributed by atoms with E-state index in [1.54, 1.807) is 43.5 Å². The number of rotatable bonds is 5. The van der Waals surface area contributed by atoms with Crippen molar-refractivity contribution < 1.29 is 13.2 Å². The molecular formula is C21H17ClN4O4S. The zero-order valence-electron chi connectivity index (χ0n) is 16.5. The van der Waals surface area contributed by atoms with Gasteiger partial charge >= 0.3 is 0 Å². The van der Waals surface area contributed by atoms with Crippen molar-refractivity contribution in [2.75, 3.05) is 11.8 Å². The Kier molecular flexibility index (Phi) is 5.38. The van der Waals surface area contributed by atoms with Crippen LogP contribution in [0.1, 0.15) is 5.69 Å². The van der Waals surface area contributed by atoms with Crippen molar-refractivity contribution in [1.29, 1.82) is 0 Å². The first-order valence-electron chi connectivity index (χ1n) is 9.11. The van der Waals surface area contributed by atoms with Gasteiger partial charge in [0.05, 0.1) is 12.1 Å². The van der Waals surface area contributed by atoms with Crippen LogP contribution in [0.2, 0.25) is 5.02 Å². The van der Waals surface area contributed by atoms with Crippen molar-refractivity contribution in [2.24, 2.45) is 0 Å². The molecule has 0 unspecified atom stereocenters. The molecule has 4 aromatic rings. The Bertz CT molecular complexity index is 1470. The Balaban J connectivity index is 1.83. The van der Waals surface area contributed by atoms with Crippen LogP contribution in [-0.2, 0) is 10.0 Å². The lowest BCUT2D eigenvalue weighted by molar-refractivity contribution is 0.400. The minimum Gasteiger partial charge on any atom is -0.480 e. The average Bonchev–Trinajstić information content (AvgIpc) is 2.74. The molecule has 1 aromatic carbocycles.